The highest BCUT2D eigenvalue weighted by molar-refractivity contribution is 5.95. The Kier molecular flexibility index (Phi) is 4.99. The quantitative estimate of drug-likeness (QED) is 0.462. The van der Waals surface area contributed by atoms with E-state index in [1.54, 1.807) is 26.2 Å². The number of benzene rings is 1. The third-order valence-electron chi connectivity index (χ3n) is 2.40. The molecular formula is C12H18N4O3. The molecule has 0 radical (unpaired) electrons. The van der Waals surface area contributed by atoms with Gasteiger partial charge in [-0.3, -0.25) is 0 Å². The molecule has 1 aromatic carbocycles. The summed E-state index contributed by atoms with van der Waals surface area (Å²) in [6.45, 7) is 0.810. The van der Waals surface area contributed by atoms with Crippen molar-refractivity contribution in [1.29, 1.82) is 0 Å². The summed E-state index contributed by atoms with van der Waals surface area (Å²) in [6, 6.07) is 4.42. The summed E-state index contributed by atoms with van der Waals surface area (Å²) in [6.07, 6.45) is 0. The van der Waals surface area contributed by atoms with Crippen molar-refractivity contribution in [2.75, 3.05) is 38.2 Å². The minimum Gasteiger partial charge on any atom is -0.478 e. The van der Waals surface area contributed by atoms with Gasteiger partial charge in [0.25, 0.3) is 0 Å². The maximum absolute atomic E-state index is 11.3. The third-order valence-corrected chi connectivity index (χ3v) is 2.40. The molecule has 0 aliphatic heterocycles. The van der Waals surface area contributed by atoms with E-state index in [0.29, 0.717) is 24.5 Å². The maximum atomic E-state index is 11.3. The molecule has 0 spiro atoms. The first-order valence-electron chi connectivity index (χ1n) is 5.73. The van der Waals surface area contributed by atoms with Crippen LogP contribution in [0.25, 0.3) is 0 Å². The number of aromatic carboxylic acids is 1. The van der Waals surface area contributed by atoms with Gasteiger partial charge in [0.05, 0.1) is 5.56 Å². The number of urea groups is 1. The summed E-state index contributed by atoms with van der Waals surface area (Å²) < 4.78 is 0. The number of nitrogens with one attached hydrogen (secondary N) is 2. The average Bonchev–Trinajstić information content (AvgIpc) is 2.35. The first-order chi connectivity index (χ1) is 8.91. The molecule has 0 unspecified atom stereocenters. The van der Waals surface area contributed by atoms with Gasteiger partial charge in [-0.05, 0) is 18.2 Å². The lowest BCUT2D eigenvalue weighted by molar-refractivity contribution is 0.0698. The zero-order valence-corrected chi connectivity index (χ0v) is 10.9. The molecule has 0 bridgehead atoms. The molecule has 0 saturated heterocycles. The van der Waals surface area contributed by atoms with Crippen molar-refractivity contribution in [3.63, 3.8) is 0 Å². The molecule has 1 aromatic rings. The summed E-state index contributed by atoms with van der Waals surface area (Å²) >= 11 is 0. The van der Waals surface area contributed by atoms with Gasteiger partial charge in [0.1, 0.15) is 0 Å². The van der Waals surface area contributed by atoms with Gasteiger partial charge in [-0.1, -0.05) is 0 Å². The van der Waals surface area contributed by atoms with Gasteiger partial charge < -0.3 is 26.4 Å². The predicted molar refractivity (Wildman–Crippen MR) is 73.4 cm³/mol. The number of carboxylic acids is 1. The lowest BCUT2D eigenvalue weighted by Crippen LogP contribution is -2.37. The van der Waals surface area contributed by atoms with Gasteiger partial charge in [-0.15, -0.1) is 0 Å². The monoisotopic (exact) mass is 266 g/mol. The molecule has 0 atom stereocenters. The van der Waals surface area contributed by atoms with Crippen molar-refractivity contribution in [3.8, 4) is 0 Å². The normalized spacial score (nSPS) is 9.79. The number of hydrogen-bond donors (Lipinski definition) is 4. The molecule has 0 saturated carbocycles. The molecule has 7 heteroatoms. The van der Waals surface area contributed by atoms with Crippen molar-refractivity contribution in [2.24, 2.45) is 0 Å². The Bertz CT molecular complexity index is 474. The largest absolute Gasteiger partial charge is 0.478 e. The highest BCUT2D eigenvalue weighted by Crippen LogP contribution is 2.18. The summed E-state index contributed by atoms with van der Waals surface area (Å²) in [7, 11) is 3.29. The van der Waals surface area contributed by atoms with Crippen LogP contribution in [0.5, 0.6) is 0 Å². The van der Waals surface area contributed by atoms with E-state index in [1.807, 2.05) is 0 Å². The third kappa shape index (κ3) is 4.38. The molecule has 19 heavy (non-hydrogen) atoms. The molecule has 0 aliphatic rings. The van der Waals surface area contributed by atoms with Gasteiger partial charge in [0.15, 0.2) is 0 Å². The summed E-state index contributed by atoms with van der Waals surface area (Å²) in [5, 5.41) is 14.6. The van der Waals surface area contributed by atoms with Crippen molar-refractivity contribution in [1.82, 2.24) is 10.2 Å². The fourth-order valence-corrected chi connectivity index (χ4v) is 1.42. The van der Waals surface area contributed by atoms with Gasteiger partial charge >= 0.3 is 12.0 Å². The van der Waals surface area contributed by atoms with E-state index in [0.717, 1.165) is 0 Å². The zero-order valence-electron chi connectivity index (χ0n) is 10.9. The van der Waals surface area contributed by atoms with Crippen LogP contribution in [0, 0.1) is 0 Å². The van der Waals surface area contributed by atoms with E-state index >= 15 is 0 Å². The van der Waals surface area contributed by atoms with Crippen LogP contribution in [0.2, 0.25) is 0 Å². The highest BCUT2D eigenvalue weighted by atomic mass is 16.4. The smallest absolute Gasteiger partial charge is 0.337 e. The molecule has 0 aromatic heterocycles. The van der Waals surface area contributed by atoms with Crippen molar-refractivity contribution < 1.29 is 14.7 Å². The van der Waals surface area contributed by atoms with Crippen LogP contribution < -0.4 is 16.4 Å². The number of anilines is 2. The minimum absolute atomic E-state index is 0.110. The molecule has 104 valence electrons. The van der Waals surface area contributed by atoms with Crippen LogP contribution in [-0.4, -0.2) is 49.2 Å². The zero-order chi connectivity index (χ0) is 14.4. The first-order valence-corrected chi connectivity index (χ1v) is 5.73. The van der Waals surface area contributed by atoms with Crippen molar-refractivity contribution >= 4 is 23.4 Å². The Morgan fingerprint density at radius 3 is 2.58 bits per heavy atom. The number of nitrogens with two attached hydrogens (primary N) is 1. The molecule has 2 amide bonds. The average molecular weight is 266 g/mol. The number of carboxylic acid groups (broad SMARTS) is 1. The highest BCUT2D eigenvalue weighted by Gasteiger charge is 2.10. The number of rotatable bonds is 5. The second-order valence-electron chi connectivity index (χ2n) is 4.16. The second-order valence-corrected chi connectivity index (χ2v) is 4.16. The first kappa shape index (κ1) is 14.6. The van der Waals surface area contributed by atoms with Gasteiger partial charge in [0, 0.05) is 38.6 Å². The van der Waals surface area contributed by atoms with Crippen LogP contribution in [0.4, 0.5) is 16.2 Å². The van der Waals surface area contributed by atoms with E-state index in [2.05, 4.69) is 10.6 Å². The molecule has 0 fully saturated rings. The van der Waals surface area contributed by atoms with E-state index in [-0.39, 0.29) is 11.6 Å². The maximum Gasteiger partial charge on any atom is 0.337 e. The van der Waals surface area contributed by atoms with Crippen LogP contribution in [0.3, 0.4) is 0 Å². The summed E-state index contributed by atoms with van der Waals surface area (Å²) in [5.41, 5.74) is 6.52. The molecule has 5 N–H and O–H groups in total. The summed E-state index contributed by atoms with van der Waals surface area (Å²) in [4.78, 5) is 23.7. The number of carbonyl (C=O) groups excluding carboxylic acids is 1. The molecular weight excluding hydrogens is 248 g/mol. The number of nitrogen functional groups attached to an aromatic ring is 1. The van der Waals surface area contributed by atoms with E-state index in [9.17, 15) is 9.59 Å². The van der Waals surface area contributed by atoms with E-state index in [4.69, 9.17) is 10.8 Å². The SMILES string of the molecule is CN(C)C(=O)NCCNc1ccc(N)cc1C(=O)O. The van der Waals surface area contributed by atoms with Crippen molar-refractivity contribution in [2.45, 2.75) is 0 Å². The standard InChI is InChI=1S/C12H18N4O3/c1-16(2)12(19)15-6-5-14-10-4-3-8(13)7-9(10)11(17)18/h3-4,7,14H,5-6,13H2,1-2H3,(H,15,19)(H,17,18). The van der Waals surface area contributed by atoms with Gasteiger partial charge in [0.2, 0.25) is 0 Å². The molecule has 0 heterocycles. The van der Waals surface area contributed by atoms with Gasteiger partial charge in [-0.2, -0.15) is 0 Å². The van der Waals surface area contributed by atoms with E-state index in [1.165, 1.54) is 11.0 Å². The fourth-order valence-electron chi connectivity index (χ4n) is 1.42. The number of carbonyl (C=O) groups is 2. The second kappa shape index (κ2) is 6.48. The Balaban J connectivity index is 2.54. The molecule has 1 rings (SSSR count). The number of hydrogen-bond acceptors (Lipinski definition) is 4. The minimum atomic E-state index is -1.05. The Morgan fingerprint density at radius 2 is 2.00 bits per heavy atom. The topological polar surface area (TPSA) is 108 Å². The van der Waals surface area contributed by atoms with E-state index < -0.39 is 5.97 Å². The lowest BCUT2D eigenvalue weighted by Gasteiger charge is -2.13. The van der Waals surface area contributed by atoms with Crippen LogP contribution >= 0.6 is 0 Å². The number of amides is 2. The predicted octanol–water partition coefficient (Wildman–Crippen LogP) is 0.650. The Labute approximate surface area is 111 Å². The van der Waals surface area contributed by atoms with Crippen LogP contribution in [0.15, 0.2) is 18.2 Å². The van der Waals surface area contributed by atoms with Gasteiger partial charge in [-0.25, -0.2) is 9.59 Å². The number of nitrogens with zero attached hydrogens (tertiary/aromatic N) is 1. The Morgan fingerprint density at radius 1 is 1.32 bits per heavy atom. The lowest BCUT2D eigenvalue weighted by atomic mass is 10.1. The van der Waals surface area contributed by atoms with Crippen LogP contribution in [0.1, 0.15) is 10.4 Å². The van der Waals surface area contributed by atoms with Crippen LogP contribution in [-0.2, 0) is 0 Å². The summed E-state index contributed by atoms with van der Waals surface area (Å²) in [5.74, 6) is -1.05. The Hall–Kier alpha value is -2.44. The molecule has 0 aliphatic carbocycles. The molecule has 7 nitrogen and oxygen atoms in total. The van der Waals surface area contributed by atoms with Crippen molar-refractivity contribution in [3.05, 3.63) is 23.8 Å². The fraction of sp³-hybridized carbons (Fsp3) is 0.333.